The van der Waals surface area contributed by atoms with Crippen LogP contribution in [0.2, 0.25) is 0 Å². The number of carbonyl (C=O) groups excluding carboxylic acids is 1. The van der Waals surface area contributed by atoms with Crippen LogP contribution < -0.4 is 15.4 Å². The molecule has 2 fully saturated rings. The number of nitrogens with zero attached hydrogens (tertiary/aromatic N) is 3. The molecule has 2 saturated heterocycles. The lowest BCUT2D eigenvalue weighted by atomic mass is 9.99. The highest BCUT2D eigenvalue weighted by molar-refractivity contribution is 7.87. The Labute approximate surface area is 210 Å². The van der Waals surface area contributed by atoms with Gasteiger partial charge in [-0.15, -0.1) is 0 Å². The largest absolute Gasteiger partial charge is 0.333 e. The molecule has 2 heterocycles. The number of anilines is 1. The fraction of sp³-hybridized carbons (Fsp3) is 0.720. The Morgan fingerprint density at radius 3 is 2.06 bits per heavy atom. The smallest absolute Gasteiger partial charge is 0.316 e. The van der Waals surface area contributed by atoms with E-state index in [0.29, 0.717) is 6.54 Å². The number of carbonyl (C=O) groups is 1. The summed E-state index contributed by atoms with van der Waals surface area (Å²) >= 11 is 0. The summed E-state index contributed by atoms with van der Waals surface area (Å²) in [5.41, 5.74) is 5.84. The molecule has 5 rings (SSSR count). The maximum atomic E-state index is 12.6. The predicted molar refractivity (Wildman–Crippen MR) is 140 cm³/mol. The van der Waals surface area contributed by atoms with Crippen molar-refractivity contribution >= 4 is 21.9 Å². The Balaban J connectivity index is 0.000000308. The van der Waals surface area contributed by atoms with Crippen molar-refractivity contribution in [2.24, 2.45) is 0 Å². The fourth-order valence-corrected chi connectivity index (χ4v) is 6.86. The molecule has 3 N–H and O–H groups in total. The van der Waals surface area contributed by atoms with E-state index in [2.05, 4.69) is 38.3 Å². The Hall–Kier alpha value is -1.72. The topological polar surface area (TPSA) is 97.0 Å². The highest BCUT2D eigenvalue weighted by Crippen LogP contribution is 2.38. The summed E-state index contributed by atoms with van der Waals surface area (Å²) in [6, 6.07) is 2.27. The van der Waals surface area contributed by atoms with E-state index in [0.717, 1.165) is 63.2 Å². The number of hydrogen-bond donors (Lipinski definition) is 3. The normalized spacial score (nSPS) is 24.3. The molecule has 2 aliphatic heterocycles. The first-order valence-electron chi connectivity index (χ1n) is 13.0. The van der Waals surface area contributed by atoms with Gasteiger partial charge in [0.1, 0.15) is 0 Å². The van der Waals surface area contributed by atoms with Crippen LogP contribution in [0.4, 0.5) is 10.5 Å². The van der Waals surface area contributed by atoms with E-state index in [1.807, 2.05) is 14.1 Å². The molecule has 0 saturated carbocycles. The van der Waals surface area contributed by atoms with Crippen molar-refractivity contribution in [3.63, 3.8) is 0 Å². The molecule has 196 valence electrons. The minimum atomic E-state index is -3.87. The molecule has 2 atom stereocenters. The number of fused-ring (bicyclic) bond motifs is 2. The molecule has 2 aliphatic carbocycles. The Morgan fingerprint density at radius 2 is 1.57 bits per heavy atom. The molecular formula is C25H42N6O3S. The molecule has 0 radical (unpaired) electrons. The van der Waals surface area contributed by atoms with Crippen molar-refractivity contribution in [3.8, 4) is 0 Å². The SMILES string of the molecule is CN1CCC(N(C)S(=O)(=O)NC(=O)Nc2c3c(cc4c2CCC4)CCC3)C1.CNC1CCN(C)C1. The van der Waals surface area contributed by atoms with Crippen LogP contribution in [0.3, 0.4) is 0 Å². The first-order chi connectivity index (χ1) is 16.7. The number of likely N-dealkylation sites (N-methyl/N-ethyl adjacent to an activating group) is 4. The zero-order chi connectivity index (χ0) is 25.2. The second-order valence-corrected chi connectivity index (χ2v) is 12.3. The van der Waals surface area contributed by atoms with Crippen LogP contribution in [-0.2, 0) is 35.9 Å². The van der Waals surface area contributed by atoms with E-state index in [1.165, 1.54) is 53.1 Å². The number of nitrogens with one attached hydrogen (secondary N) is 3. The maximum absolute atomic E-state index is 12.6. The van der Waals surface area contributed by atoms with Crippen LogP contribution in [0.25, 0.3) is 0 Å². The fourth-order valence-electron chi connectivity index (χ4n) is 5.87. The highest BCUT2D eigenvalue weighted by atomic mass is 32.2. The zero-order valence-electron chi connectivity index (χ0n) is 21.7. The number of amides is 2. The van der Waals surface area contributed by atoms with Gasteiger partial charge in [-0.05, 0) is 108 Å². The average molecular weight is 507 g/mol. The summed E-state index contributed by atoms with van der Waals surface area (Å²) in [6.45, 7) is 4.01. The van der Waals surface area contributed by atoms with Gasteiger partial charge in [0.25, 0.3) is 0 Å². The third-order valence-corrected chi connectivity index (χ3v) is 9.49. The number of benzene rings is 1. The van der Waals surface area contributed by atoms with Crippen LogP contribution in [0, 0.1) is 0 Å². The highest BCUT2D eigenvalue weighted by Gasteiger charge is 2.32. The Bertz CT molecular complexity index is 998. The standard InChI is InChI=1S/C19H28N4O3S.C6H14N2/c1-22-10-9-15(12-22)23(2)27(25,26)21-19(24)20-18-16-7-3-5-13(16)11-14-6-4-8-17(14)18;1-7-6-3-4-8(2)5-6/h11,15H,3-10,12H2,1-2H3,(H2,20,21,24);6-7H,3-5H2,1-2H3. The van der Waals surface area contributed by atoms with Crippen molar-refractivity contribution < 1.29 is 13.2 Å². The van der Waals surface area contributed by atoms with E-state index in [1.54, 1.807) is 0 Å². The third-order valence-electron chi connectivity index (χ3n) is 7.99. The molecule has 0 spiro atoms. The molecule has 35 heavy (non-hydrogen) atoms. The van der Waals surface area contributed by atoms with Crippen LogP contribution >= 0.6 is 0 Å². The van der Waals surface area contributed by atoms with E-state index in [-0.39, 0.29) is 6.04 Å². The quantitative estimate of drug-likeness (QED) is 0.561. The van der Waals surface area contributed by atoms with Crippen LogP contribution in [0.5, 0.6) is 0 Å². The van der Waals surface area contributed by atoms with Crippen molar-refractivity contribution in [2.45, 2.75) is 63.5 Å². The van der Waals surface area contributed by atoms with Crippen molar-refractivity contribution in [3.05, 3.63) is 28.3 Å². The van der Waals surface area contributed by atoms with Gasteiger partial charge in [0, 0.05) is 37.9 Å². The van der Waals surface area contributed by atoms with Gasteiger partial charge in [-0.2, -0.15) is 12.7 Å². The number of hydrogen-bond acceptors (Lipinski definition) is 6. The summed E-state index contributed by atoms with van der Waals surface area (Å²) in [6.07, 6.45) is 8.22. The first-order valence-corrected chi connectivity index (χ1v) is 14.4. The van der Waals surface area contributed by atoms with Crippen LogP contribution in [0.1, 0.15) is 47.9 Å². The minimum Gasteiger partial charge on any atom is -0.316 e. The summed E-state index contributed by atoms with van der Waals surface area (Å²) in [5, 5.41) is 6.14. The third kappa shape index (κ3) is 6.17. The molecule has 2 unspecified atom stereocenters. The number of urea groups is 1. The van der Waals surface area contributed by atoms with Gasteiger partial charge in [0.05, 0.1) is 0 Å². The molecule has 0 bridgehead atoms. The van der Waals surface area contributed by atoms with Crippen LogP contribution in [-0.4, -0.2) is 95.0 Å². The van der Waals surface area contributed by atoms with Gasteiger partial charge in [0.15, 0.2) is 0 Å². The first kappa shape index (κ1) is 26.3. The summed E-state index contributed by atoms with van der Waals surface area (Å²) in [5.74, 6) is 0. The van der Waals surface area contributed by atoms with Crippen molar-refractivity contribution in [2.75, 3.05) is 59.7 Å². The van der Waals surface area contributed by atoms with E-state index in [9.17, 15) is 13.2 Å². The van der Waals surface area contributed by atoms with Gasteiger partial charge >= 0.3 is 16.2 Å². The lowest BCUT2D eigenvalue weighted by Crippen LogP contribution is -2.48. The van der Waals surface area contributed by atoms with Gasteiger partial charge in [-0.3, -0.25) is 0 Å². The lowest BCUT2D eigenvalue weighted by molar-refractivity contribution is 0.255. The summed E-state index contributed by atoms with van der Waals surface area (Å²) < 4.78 is 28.8. The minimum absolute atomic E-state index is 0.106. The van der Waals surface area contributed by atoms with E-state index >= 15 is 0 Å². The van der Waals surface area contributed by atoms with Gasteiger partial charge in [0.2, 0.25) is 0 Å². The number of rotatable bonds is 5. The average Bonchev–Trinajstić information content (AvgIpc) is 3.60. The Kier molecular flexibility index (Phi) is 8.38. The Morgan fingerprint density at radius 1 is 0.971 bits per heavy atom. The molecule has 1 aromatic rings. The molecule has 0 aromatic heterocycles. The maximum Gasteiger partial charge on any atom is 0.333 e. The van der Waals surface area contributed by atoms with Gasteiger partial charge in [-0.25, -0.2) is 9.52 Å². The second-order valence-electron chi connectivity index (χ2n) is 10.6. The van der Waals surface area contributed by atoms with Crippen LogP contribution in [0.15, 0.2) is 6.07 Å². The van der Waals surface area contributed by atoms with E-state index < -0.39 is 16.2 Å². The monoisotopic (exact) mass is 506 g/mol. The molecular weight excluding hydrogens is 464 g/mol. The molecule has 10 heteroatoms. The molecule has 9 nitrogen and oxygen atoms in total. The molecule has 2 amide bonds. The van der Waals surface area contributed by atoms with Crippen molar-refractivity contribution in [1.29, 1.82) is 0 Å². The van der Waals surface area contributed by atoms with E-state index in [4.69, 9.17) is 0 Å². The number of likely N-dealkylation sites (tertiary alicyclic amines) is 2. The van der Waals surface area contributed by atoms with Gasteiger partial charge in [-0.1, -0.05) is 6.07 Å². The molecule has 1 aromatic carbocycles. The van der Waals surface area contributed by atoms with Gasteiger partial charge < -0.3 is 20.4 Å². The second kappa shape index (κ2) is 11.1. The van der Waals surface area contributed by atoms with Crippen molar-refractivity contribution in [1.82, 2.24) is 24.1 Å². The zero-order valence-corrected chi connectivity index (χ0v) is 22.5. The predicted octanol–water partition coefficient (Wildman–Crippen LogP) is 1.58. The summed E-state index contributed by atoms with van der Waals surface area (Å²) in [7, 11) is 3.83. The number of aryl methyl sites for hydroxylation is 2. The lowest BCUT2D eigenvalue weighted by Gasteiger charge is -2.24. The summed E-state index contributed by atoms with van der Waals surface area (Å²) in [4.78, 5) is 17.0. The molecule has 4 aliphatic rings.